The normalized spacial score (nSPS) is 11.4. The lowest BCUT2D eigenvalue weighted by Crippen LogP contribution is -1.90. The van der Waals surface area contributed by atoms with E-state index in [0.29, 0.717) is 0 Å². The van der Waals surface area contributed by atoms with E-state index in [4.69, 9.17) is 9.47 Å². The second-order valence-corrected chi connectivity index (χ2v) is 8.11. The van der Waals surface area contributed by atoms with E-state index in [1.807, 2.05) is 24.3 Å². The van der Waals surface area contributed by atoms with Gasteiger partial charge in [-0.25, -0.2) is 0 Å². The van der Waals surface area contributed by atoms with Gasteiger partial charge in [0.15, 0.2) is 0 Å². The lowest BCUT2D eigenvalue weighted by Gasteiger charge is -2.15. The Labute approximate surface area is 187 Å². The Morgan fingerprint density at radius 3 is 1.28 bits per heavy atom. The third kappa shape index (κ3) is 2.80. The number of hydrogen-bond donors (Lipinski definition) is 0. The van der Waals surface area contributed by atoms with E-state index in [1.165, 1.54) is 55.3 Å². The summed E-state index contributed by atoms with van der Waals surface area (Å²) < 4.78 is 10.8. The molecule has 0 saturated carbocycles. The first-order valence-corrected chi connectivity index (χ1v) is 10.8. The van der Waals surface area contributed by atoms with Crippen molar-refractivity contribution in [2.45, 2.75) is 0 Å². The minimum absolute atomic E-state index is 0.859. The number of hydrogen-bond acceptors (Lipinski definition) is 2. The minimum Gasteiger partial charge on any atom is -0.497 e. The van der Waals surface area contributed by atoms with E-state index in [1.54, 1.807) is 14.2 Å². The van der Waals surface area contributed by atoms with Crippen LogP contribution in [-0.4, -0.2) is 14.2 Å². The SMILES string of the molecule is COc1ccc(-c2cc3c(cc2-c2ccc(OC)cc2)-c2cccc4cccc-3c24)cc1. The molecule has 32 heavy (non-hydrogen) atoms. The first-order valence-electron chi connectivity index (χ1n) is 10.8. The lowest BCUT2D eigenvalue weighted by molar-refractivity contribution is 0.414. The van der Waals surface area contributed by atoms with Crippen molar-refractivity contribution in [3.05, 3.63) is 97.1 Å². The Morgan fingerprint density at radius 2 is 0.875 bits per heavy atom. The molecule has 154 valence electrons. The van der Waals surface area contributed by atoms with E-state index < -0.39 is 0 Å². The molecule has 0 spiro atoms. The van der Waals surface area contributed by atoms with Gasteiger partial charge in [-0.1, -0.05) is 60.7 Å². The highest BCUT2D eigenvalue weighted by Crippen LogP contribution is 2.50. The molecule has 0 N–H and O–H groups in total. The Hall–Kier alpha value is -4.04. The number of rotatable bonds is 4. The molecule has 0 amide bonds. The van der Waals surface area contributed by atoms with Crippen LogP contribution in [0.1, 0.15) is 0 Å². The fourth-order valence-electron chi connectivity index (χ4n) is 4.85. The van der Waals surface area contributed by atoms with Crippen LogP contribution in [0.4, 0.5) is 0 Å². The molecule has 5 aromatic carbocycles. The summed E-state index contributed by atoms with van der Waals surface area (Å²) in [7, 11) is 3.40. The first-order chi connectivity index (χ1) is 15.8. The maximum Gasteiger partial charge on any atom is 0.118 e. The van der Waals surface area contributed by atoms with Gasteiger partial charge in [0, 0.05) is 0 Å². The van der Waals surface area contributed by atoms with Gasteiger partial charge in [-0.15, -0.1) is 0 Å². The highest BCUT2D eigenvalue weighted by molar-refractivity contribution is 6.16. The maximum atomic E-state index is 5.39. The van der Waals surface area contributed by atoms with Crippen LogP contribution in [0, 0.1) is 0 Å². The quantitative estimate of drug-likeness (QED) is 0.292. The molecule has 0 atom stereocenters. The third-order valence-corrected chi connectivity index (χ3v) is 6.44. The first kappa shape index (κ1) is 18.7. The molecule has 0 aromatic heterocycles. The zero-order valence-electron chi connectivity index (χ0n) is 18.1. The van der Waals surface area contributed by atoms with Crippen LogP contribution in [0.5, 0.6) is 11.5 Å². The van der Waals surface area contributed by atoms with Gasteiger partial charge in [0.05, 0.1) is 14.2 Å². The van der Waals surface area contributed by atoms with E-state index in [2.05, 4.69) is 72.8 Å². The molecule has 0 radical (unpaired) electrons. The summed E-state index contributed by atoms with van der Waals surface area (Å²) in [6.45, 7) is 0. The fraction of sp³-hybridized carbons (Fsp3) is 0.0667. The van der Waals surface area contributed by atoms with Crippen molar-refractivity contribution >= 4 is 10.8 Å². The molecule has 1 aliphatic carbocycles. The summed E-state index contributed by atoms with van der Waals surface area (Å²) >= 11 is 0. The highest BCUT2D eigenvalue weighted by Gasteiger charge is 2.23. The topological polar surface area (TPSA) is 18.5 Å². The Balaban J connectivity index is 1.63. The van der Waals surface area contributed by atoms with Crippen LogP contribution < -0.4 is 9.47 Å². The number of methoxy groups -OCH3 is 2. The molecule has 0 saturated heterocycles. The van der Waals surface area contributed by atoms with Crippen LogP contribution in [0.15, 0.2) is 97.1 Å². The number of ether oxygens (including phenoxy) is 2. The fourth-order valence-corrected chi connectivity index (χ4v) is 4.85. The third-order valence-electron chi connectivity index (χ3n) is 6.44. The molecule has 0 aliphatic heterocycles. The van der Waals surface area contributed by atoms with Crippen molar-refractivity contribution < 1.29 is 9.47 Å². The minimum atomic E-state index is 0.859. The van der Waals surface area contributed by atoms with Gasteiger partial charge in [-0.3, -0.25) is 0 Å². The van der Waals surface area contributed by atoms with Crippen molar-refractivity contribution in [2.24, 2.45) is 0 Å². The maximum absolute atomic E-state index is 5.39. The van der Waals surface area contributed by atoms with Crippen molar-refractivity contribution in [1.29, 1.82) is 0 Å². The predicted octanol–water partition coefficient (Wildman–Crippen LogP) is 7.84. The van der Waals surface area contributed by atoms with Gasteiger partial charge in [-0.2, -0.15) is 0 Å². The molecule has 2 heteroatoms. The average Bonchev–Trinajstić information content (AvgIpc) is 3.18. The summed E-state index contributed by atoms with van der Waals surface area (Å²) in [5.74, 6) is 1.72. The van der Waals surface area contributed by atoms with Crippen molar-refractivity contribution in [2.75, 3.05) is 14.2 Å². The molecule has 0 bridgehead atoms. The molecular weight excluding hydrogens is 392 g/mol. The zero-order valence-corrected chi connectivity index (χ0v) is 18.1. The lowest BCUT2D eigenvalue weighted by atomic mass is 9.89. The van der Waals surface area contributed by atoms with Crippen molar-refractivity contribution in [3.8, 4) is 56.0 Å². The summed E-state index contributed by atoms with van der Waals surface area (Å²) in [6.07, 6.45) is 0. The average molecular weight is 415 g/mol. The number of benzene rings is 5. The standard InChI is InChI=1S/C30H22O2/c1-31-22-13-9-19(10-14-22)26-17-28-24-7-3-5-21-6-4-8-25(30(21)24)29(28)18-27(26)20-11-15-23(32-2)16-12-20/h3-18H,1-2H3. The zero-order chi connectivity index (χ0) is 21.7. The van der Waals surface area contributed by atoms with Crippen LogP contribution in [0.25, 0.3) is 55.3 Å². The van der Waals surface area contributed by atoms with E-state index in [0.717, 1.165) is 11.5 Å². The summed E-state index contributed by atoms with van der Waals surface area (Å²) in [4.78, 5) is 0. The monoisotopic (exact) mass is 414 g/mol. The molecule has 6 rings (SSSR count). The van der Waals surface area contributed by atoms with Crippen LogP contribution in [0.2, 0.25) is 0 Å². The Kier molecular flexibility index (Phi) is 4.26. The number of fused-ring (bicyclic) bond motifs is 3. The molecular formula is C30H22O2. The van der Waals surface area contributed by atoms with Gasteiger partial charge in [0.2, 0.25) is 0 Å². The Morgan fingerprint density at radius 1 is 0.438 bits per heavy atom. The van der Waals surface area contributed by atoms with E-state index >= 15 is 0 Å². The second-order valence-electron chi connectivity index (χ2n) is 8.11. The van der Waals surface area contributed by atoms with E-state index in [9.17, 15) is 0 Å². The summed E-state index contributed by atoms with van der Waals surface area (Å²) in [5.41, 5.74) is 9.96. The van der Waals surface area contributed by atoms with Crippen LogP contribution in [0.3, 0.4) is 0 Å². The molecule has 0 unspecified atom stereocenters. The summed E-state index contributed by atoms with van der Waals surface area (Å²) in [5, 5.41) is 2.63. The van der Waals surface area contributed by atoms with Gasteiger partial charge >= 0.3 is 0 Å². The van der Waals surface area contributed by atoms with Crippen LogP contribution >= 0.6 is 0 Å². The second kappa shape index (κ2) is 7.28. The van der Waals surface area contributed by atoms with Crippen LogP contribution in [-0.2, 0) is 0 Å². The van der Waals surface area contributed by atoms with Gasteiger partial charge < -0.3 is 9.47 Å². The molecule has 0 fully saturated rings. The summed E-state index contributed by atoms with van der Waals surface area (Å²) in [6, 6.07) is 34.5. The van der Waals surface area contributed by atoms with Gasteiger partial charge in [0.1, 0.15) is 11.5 Å². The van der Waals surface area contributed by atoms with E-state index in [-0.39, 0.29) is 0 Å². The van der Waals surface area contributed by atoms with Crippen molar-refractivity contribution in [1.82, 2.24) is 0 Å². The smallest absolute Gasteiger partial charge is 0.118 e. The van der Waals surface area contributed by atoms with Gasteiger partial charge in [0.25, 0.3) is 0 Å². The molecule has 1 aliphatic rings. The Bertz CT molecular complexity index is 1350. The predicted molar refractivity (Wildman–Crippen MR) is 132 cm³/mol. The van der Waals surface area contributed by atoms with Crippen molar-refractivity contribution in [3.63, 3.8) is 0 Å². The largest absolute Gasteiger partial charge is 0.497 e. The molecule has 0 heterocycles. The highest BCUT2D eigenvalue weighted by atomic mass is 16.5. The van der Waals surface area contributed by atoms with Gasteiger partial charge in [-0.05, 0) is 91.7 Å². The molecule has 5 aromatic rings. The molecule has 2 nitrogen and oxygen atoms in total.